The van der Waals surface area contributed by atoms with Crippen LogP contribution >= 0.6 is 12.2 Å². The molecule has 8 heteroatoms. The van der Waals surface area contributed by atoms with Gasteiger partial charge in [0.2, 0.25) is 0 Å². The first kappa shape index (κ1) is 23.9. The van der Waals surface area contributed by atoms with Crippen molar-refractivity contribution in [1.29, 1.82) is 0 Å². The fourth-order valence-electron chi connectivity index (χ4n) is 4.74. The van der Waals surface area contributed by atoms with E-state index in [1.54, 1.807) is 30.3 Å². The Kier molecular flexibility index (Phi) is 7.16. The number of nitrogens with one attached hydrogen (secondary N) is 1. The van der Waals surface area contributed by atoms with Gasteiger partial charge in [0, 0.05) is 23.1 Å². The maximum absolute atomic E-state index is 15.0. The van der Waals surface area contributed by atoms with Crippen LogP contribution < -0.4 is 5.32 Å². The highest BCUT2D eigenvalue weighted by Crippen LogP contribution is 2.47. The van der Waals surface area contributed by atoms with Gasteiger partial charge < -0.3 is 15.2 Å². The van der Waals surface area contributed by atoms with Crippen LogP contribution in [0.4, 0.5) is 13.2 Å². The molecule has 33 heavy (non-hydrogen) atoms. The zero-order valence-corrected chi connectivity index (χ0v) is 18.8. The van der Waals surface area contributed by atoms with Crippen molar-refractivity contribution in [3.8, 4) is 0 Å². The second-order valence-corrected chi connectivity index (χ2v) is 9.35. The molecule has 1 heterocycles. The van der Waals surface area contributed by atoms with Crippen molar-refractivity contribution in [2.24, 2.45) is 11.8 Å². The molecular weight excluding hydrogens is 451 g/mol. The first-order valence-corrected chi connectivity index (χ1v) is 11.5. The van der Waals surface area contributed by atoms with Gasteiger partial charge in [0.1, 0.15) is 18.3 Å². The predicted molar refractivity (Wildman–Crippen MR) is 122 cm³/mol. The van der Waals surface area contributed by atoms with Crippen molar-refractivity contribution in [2.45, 2.75) is 43.4 Å². The van der Waals surface area contributed by atoms with Crippen molar-refractivity contribution < 1.29 is 27.8 Å². The van der Waals surface area contributed by atoms with Gasteiger partial charge in [-0.2, -0.15) is 0 Å². The van der Waals surface area contributed by atoms with Gasteiger partial charge in [-0.05, 0) is 31.2 Å². The van der Waals surface area contributed by atoms with Crippen LogP contribution in [0.5, 0.6) is 0 Å². The summed E-state index contributed by atoms with van der Waals surface area (Å²) in [4.78, 5) is 12.8. The zero-order chi connectivity index (χ0) is 23.6. The minimum Gasteiger partial charge on any atom is -0.390 e. The molecule has 176 valence electrons. The van der Waals surface area contributed by atoms with Crippen LogP contribution in [0.1, 0.15) is 41.6 Å². The molecule has 1 saturated heterocycles. The fraction of sp³-hybridized carbons (Fsp3) is 0.440. The summed E-state index contributed by atoms with van der Waals surface area (Å²) in [6.07, 6.45) is 0.494. The van der Waals surface area contributed by atoms with E-state index in [0.717, 1.165) is 25.0 Å². The molecule has 2 aromatic carbocycles. The van der Waals surface area contributed by atoms with E-state index >= 15 is 4.39 Å². The molecule has 1 aliphatic heterocycles. The molecule has 4 nitrogen and oxygen atoms in total. The first-order valence-electron chi connectivity index (χ1n) is 11.0. The SMILES string of the molecule is O=C(CC(=S)N[C@@]1(c2ccc(F)cc2F)CO[C@@H](C2CC2)C[C@H]1[C@@H](O)CF)c1ccccc1. The van der Waals surface area contributed by atoms with Gasteiger partial charge in [-0.15, -0.1) is 0 Å². The van der Waals surface area contributed by atoms with E-state index in [1.165, 1.54) is 6.07 Å². The van der Waals surface area contributed by atoms with Crippen LogP contribution in [0.25, 0.3) is 0 Å². The third-order valence-electron chi connectivity index (χ3n) is 6.61. The van der Waals surface area contributed by atoms with Gasteiger partial charge in [-0.3, -0.25) is 4.79 Å². The van der Waals surface area contributed by atoms with E-state index in [-0.39, 0.29) is 41.9 Å². The number of hydrogen-bond donors (Lipinski definition) is 2. The molecule has 0 amide bonds. The maximum atomic E-state index is 15.0. The molecule has 0 bridgehead atoms. The molecule has 2 fully saturated rings. The Morgan fingerprint density at radius 1 is 1.21 bits per heavy atom. The minimum atomic E-state index is -1.46. The molecule has 4 atom stereocenters. The number of rotatable bonds is 8. The number of carbonyl (C=O) groups is 1. The lowest BCUT2D eigenvalue weighted by molar-refractivity contribution is -0.114. The molecule has 2 aliphatic rings. The number of alkyl halides is 1. The van der Waals surface area contributed by atoms with Crippen LogP contribution in [-0.2, 0) is 10.3 Å². The molecule has 0 aromatic heterocycles. The van der Waals surface area contributed by atoms with E-state index in [0.29, 0.717) is 11.5 Å². The molecule has 1 aliphatic carbocycles. The normalized spacial score (nSPS) is 25.9. The Bertz CT molecular complexity index is 1020. The van der Waals surface area contributed by atoms with Gasteiger partial charge in [-0.25, -0.2) is 13.2 Å². The molecule has 4 rings (SSSR count). The molecule has 2 N–H and O–H groups in total. The second-order valence-electron chi connectivity index (χ2n) is 8.86. The van der Waals surface area contributed by atoms with Crippen LogP contribution in [-0.4, -0.2) is 41.4 Å². The molecule has 0 spiro atoms. The summed E-state index contributed by atoms with van der Waals surface area (Å²) in [5.41, 5.74) is -0.967. The first-order chi connectivity index (χ1) is 15.8. The molecule has 2 aromatic rings. The van der Waals surface area contributed by atoms with E-state index < -0.39 is 35.9 Å². The summed E-state index contributed by atoms with van der Waals surface area (Å²) in [5.74, 6) is -2.33. The Labute approximate surface area is 196 Å². The van der Waals surface area contributed by atoms with Crippen LogP contribution in [0.2, 0.25) is 0 Å². The lowest BCUT2D eigenvalue weighted by Crippen LogP contribution is -2.61. The van der Waals surface area contributed by atoms with Gasteiger partial charge in [-0.1, -0.05) is 48.6 Å². The summed E-state index contributed by atoms with van der Waals surface area (Å²) < 4.78 is 48.6. The molecule has 0 unspecified atom stereocenters. The zero-order valence-electron chi connectivity index (χ0n) is 18.0. The number of ether oxygens (including phenoxy) is 1. The Balaban J connectivity index is 1.67. The Morgan fingerprint density at radius 3 is 2.58 bits per heavy atom. The van der Waals surface area contributed by atoms with E-state index in [2.05, 4.69) is 5.32 Å². The number of thiocarbonyl (C=S) groups is 1. The monoisotopic (exact) mass is 477 g/mol. The lowest BCUT2D eigenvalue weighted by atomic mass is 9.70. The van der Waals surface area contributed by atoms with Gasteiger partial charge in [0.15, 0.2) is 5.78 Å². The second kappa shape index (κ2) is 9.91. The maximum Gasteiger partial charge on any atom is 0.169 e. The van der Waals surface area contributed by atoms with Crippen molar-refractivity contribution in [3.05, 3.63) is 71.3 Å². The van der Waals surface area contributed by atoms with Crippen molar-refractivity contribution in [3.63, 3.8) is 0 Å². The van der Waals surface area contributed by atoms with Crippen molar-refractivity contribution in [1.82, 2.24) is 5.32 Å². The van der Waals surface area contributed by atoms with Gasteiger partial charge in [0.05, 0.1) is 35.8 Å². The Morgan fingerprint density at radius 2 is 1.94 bits per heavy atom. The van der Waals surface area contributed by atoms with Crippen molar-refractivity contribution >= 4 is 23.0 Å². The summed E-state index contributed by atoms with van der Waals surface area (Å²) in [5, 5.41) is 13.7. The number of aliphatic hydroxyl groups excluding tert-OH is 1. The highest BCUT2D eigenvalue weighted by Gasteiger charge is 2.52. The summed E-state index contributed by atoms with van der Waals surface area (Å²) in [7, 11) is 0. The molecule has 1 saturated carbocycles. The average molecular weight is 478 g/mol. The molecular formula is C25H26F3NO3S. The highest BCUT2D eigenvalue weighted by molar-refractivity contribution is 7.80. The third-order valence-corrected chi connectivity index (χ3v) is 6.85. The fourth-order valence-corrected chi connectivity index (χ4v) is 5.06. The number of ketones is 1. The van der Waals surface area contributed by atoms with Crippen LogP contribution in [0.15, 0.2) is 48.5 Å². The van der Waals surface area contributed by atoms with E-state index in [4.69, 9.17) is 17.0 Å². The van der Waals surface area contributed by atoms with Crippen LogP contribution in [0.3, 0.4) is 0 Å². The topological polar surface area (TPSA) is 58.6 Å². The number of halogens is 3. The third kappa shape index (κ3) is 5.13. The summed E-state index contributed by atoms with van der Waals surface area (Å²) in [6.45, 7) is -1.14. The number of benzene rings is 2. The Hall–Kier alpha value is -2.29. The average Bonchev–Trinajstić information content (AvgIpc) is 3.64. The highest BCUT2D eigenvalue weighted by atomic mass is 32.1. The number of Topliss-reactive ketones (excluding diaryl/α,β-unsaturated/α-hetero) is 1. The van der Waals surface area contributed by atoms with Gasteiger partial charge >= 0.3 is 0 Å². The summed E-state index contributed by atoms with van der Waals surface area (Å²) >= 11 is 5.46. The quantitative estimate of drug-likeness (QED) is 0.433. The number of aliphatic hydroxyl groups is 1. The standard InChI is InChI=1S/C25H26F3NO3S/c26-13-22(31)19-11-23(16-6-7-16)32-14-25(19,18-9-8-17(27)10-20(18)28)29-24(33)12-21(30)15-4-2-1-3-5-15/h1-5,8-10,16,19,22-23,31H,6-7,11-14H2,(H,29,33)/t19-,22-,23+,25+/m0/s1. The predicted octanol–water partition coefficient (Wildman–Crippen LogP) is 4.50. The van der Waals surface area contributed by atoms with Gasteiger partial charge in [0.25, 0.3) is 0 Å². The summed E-state index contributed by atoms with van der Waals surface area (Å²) in [6, 6.07) is 11.7. The number of hydrogen-bond acceptors (Lipinski definition) is 4. The largest absolute Gasteiger partial charge is 0.390 e. The lowest BCUT2D eigenvalue weighted by Gasteiger charge is -2.49. The van der Waals surface area contributed by atoms with E-state index in [1.807, 2.05) is 0 Å². The number of carbonyl (C=O) groups excluding carboxylic acids is 1. The smallest absolute Gasteiger partial charge is 0.169 e. The van der Waals surface area contributed by atoms with Crippen molar-refractivity contribution in [2.75, 3.05) is 13.3 Å². The minimum absolute atomic E-state index is 0.0187. The molecule has 0 radical (unpaired) electrons. The van der Waals surface area contributed by atoms with E-state index in [9.17, 15) is 18.7 Å². The van der Waals surface area contributed by atoms with Crippen LogP contribution in [0, 0.1) is 23.5 Å².